The van der Waals surface area contributed by atoms with Crippen LogP contribution in [0.4, 0.5) is 5.82 Å². The minimum absolute atomic E-state index is 0. The maximum atomic E-state index is 4.58. The number of hydrogen-bond donors (Lipinski definition) is 1. The lowest BCUT2D eigenvalue weighted by Gasteiger charge is -2.36. The van der Waals surface area contributed by atoms with E-state index < -0.39 is 0 Å². The lowest BCUT2D eigenvalue weighted by Crippen LogP contribution is -2.48. The molecule has 1 unspecified atom stereocenters. The van der Waals surface area contributed by atoms with Crippen molar-refractivity contribution in [3.8, 4) is 0 Å². The maximum Gasteiger partial charge on any atom is 0.193 e. The summed E-state index contributed by atoms with van der Waals surface area (Å²) in [6, 6.07) is 4.34. The monoisotopic (exact) mass is 503 g/mol. The van der Waals surface area contributed by atoms with Gasteiger partial charge in [-0.1, -0.05) is 13.8 Å². The van der Waals surface area contributed by atoms with Crippen LogP contribution in [0.25, 0.3) is 0 Å². The van der Waals surface area contributed by atoms with Gasteiger partial charge >= 0.3 is 0 Å². The second kappa shape index (κ2) is 11.3. The van der Waals surface area contributed by atoms with Crippen LogP contribution in [0, 0.1) is 5.92 Å². The Bertz CT molecular complexity index is 604. The SMILES string of the molecule is CN=C(NCc1ccnc(N2CCCCC2)c1)N1CCSC(C(C)C)C1.I. The zero-order chi connectivity index (χ0) is 18.4. The highest BCUT2D eigenvalue weighted by Crippen LogP contribution is 2.25. The van der Waals surface area contributed by atoms with Gasteiger partial charge in [0.05, 0.1) is 0 Å². The molecule has 2 saturated heterocycles. The number of halogens is 1. The summed E-state index contributed by atoms with van der Waals surface area (Å²) in [6.45, 7) is 9.85. The first-order chi connectivity index (χ1) is 12.7. The van der Waals surface area contributed by atoms with Crippen molar-refractivity contribution in [2.45, 2.75) is 44.9 Å². The molecule has 0 bridgehead atoms. The fourth-order valence-electron chi connectivity index (χ4n) is 3.65. The van der Waals surface area contributed by atoms with Crippen LogP contribution >= 0.6 is 35.7 Å². The topological polar surface area (TPSA) is 43.8 Å². The molecule has 0 aliphatic carbocycles. The second-order valence-electron chi connectivity index (χ2n) is 7.57. The van der Waals surface area contributed by atoms with Gasteiger partial charge in [-0.3, -0.25) is 4.99 Å². The third-order valence-electron chi connectivity index (χ3n) is 5.29. The lowest BCUT2D eigenvalue weighted by atomic mass is 10.1. The van der Waals surface area contributed by atoms with Crippen molar-refractivity contribution in [2.24, 2.45) is 10.9 Å². The molecular weight excluding hydrogens is 469 g/mol. The number of nitrogens with one attached hydrogen (secondary N) is 1. The molecule has 1 N–H and O–H groups in total. The number of guanidine groups is 1. The van der Waals surface area contributed by atoms with E-state index in [0.717, 1.165) is 44.5 Å². The van der Waals surface area contributed by atoms with E-state index in [4.69, 9.17) is 0 Å². The van der Waals surface area contributed by atoms with Crippen molar-refractivity contribution in [3.63, 3.8) is 0 Å². The second-order valence-corrected chi connectivity index (χ2v) is 8.92. The summed E-state index contributed by atoms with van der Waals surface area (Å²) in [6.07, 6.45) is 5.84. The van der Waals surface area contributed by atoms with Crippen LogP contribution in [0.2, 0.25) is 0 Å². The molecule has 3 rings (SSSR count). The fraction of sp³-hybridized carbons (Fsp3) is 0.700. The Kier molecular flexibility index (Phi) is 9.48. The Hall–Kier alpha value is -0.700. The van der Waals surface area contributed by atoms with E-state index in [1.807, 2.05) is 13.2 Å². The molecule has 2 aliphatic rings. The van der Waals surface area contributed by atoms with E-state index in [1.54, 1.807) is 0 Å². The summed E-state index contributed by atoms with van der Waals surface area (Å²) in [4.78, 5) is 13.9. The summed E-state index contributed by atoms with van der Waals surface area (Å²) in [5.74, 6) is 4.02. The average Bonchev–Trinajstić information content (AvgIpc) is 2.69. The van der Waals surface area contributed by atoms with E-state index in [2.05, 4.69) is 62.8 Å². The highest BCUT2D eigenvalue weighted by Gasteiger charge is 2.24. The molecule has 0 saturated carbocycles. The first-order valence-electron chi connectivity index (χ1n) is 9.94. The van der Waals surface area contributed by atoms with Gasteiger partial charge < -0.3 is 15.1 Å². The van der Waals surface area contributed by atoms with Crippen molar-refractivity contribution >= 4 is 47.5 Å². The zero-order valence-corrected chi connectivity index (χ0v) is 20.0. The van der Waals surface area contributed by atoms with Crippen LogP contribution in [0.15, 0.2) is 23.3 Å². The number of hydrogen-bond acceptors (Lipinski definition) is 4. The summed E-state index contributed by atoms with van der Waals surface area (Å²) >= 11 is 2.10. The molecule has 27 heavy (non-hydrogen) atoms. The molecule has 7 heteroatoms. The van der Waals surface area contributed by atoms with E-state index in [9.17, 15) is 0 Å². The molecule has 0 aromatic carbocycles. The molecule has 1 atom stereocenters. The third-order valence-corrected chi connectivity index (χ3v) is 6.83. The number of aliphatic imine (C=N–C) groups is 1. The Balaban J connectivity index is 0.00000261. The molecule has 2 aliphatic heterocycles. The molecule has 1 aromatic heterocycles. The predicted molar refractivity (Wildman–Crippen MR) is 129 cm³/mol. The summed E-state index contributed by atoms with van der Waals surface area (Å²) in [7, 11) is 1.89. The molecule has 2 fully saturated rings. The first kappa shape index (κ1) is 22.6. The molecule has 0 radical (unpaired) electrons. The van der Waals surface area contributed by atoms with Crippen molar-refractivity contribution < 1.29 is 0 Å². The van der Waals surface area contributed by atoms with Crippen molar-refractivity contribution in [1.29, 1.82) is 0 Å². The number of pyridine rings is 1. The van der Waals surface area contributed by atoms with Gasteiger partial charge in [-0.15, -0.1) is 24.0 Å². The molecule has 152 valence electrons. The number of thioether (sulfide) groups is 1. The standard InChI is InChI=1S/C20H33N5S.HI/c1-16(2)18-15-25(11-12-26-18)20(21-3)23-14-17-7-8-22-19(13-17)24-9-5-4-6-10-24;/h7-8,13,16,18H,4-6,9-12,14-15H2,1-3H3,(H,21,23);1H. The van der Waals surface area contributed by atoms with Gasteiger partial charge in [0.2, 0.25) is 0 Å². The molecule has 5 nitrogen and oxygen atoms in total. The van der Waals surface area contributed by atoms with Crippen LogP contribution in [0.1, 0.15) is 38.7 Å². The number of aromatic nitrogens is 1. The van der Waals surface area contributed by atoms with Gasteiger partial charge in [-0.05, 0) is 42.9 Å². The minimum atomic E-state index is 0. The fourth-order valence-corrected chi connectivity index (χ4v) is 4.95. The highest BCUT2D eigenvalue weighted by molar-refractivity contribution is 14.0. The Morgan fingerprint density at radius 3 is 2.78 bits per heavy atom. The van der Waals surface area contributed by atoms with Crippen molar-refractivity contribution in [3.05, 3.63) is 23.9 Å². The lowest BCUT2D eigenvalue weighted by molar-refractivity contribution is 0.380. The van der Waals surface area contributed by atoms with Crippen LogP contribution in [0.5, 0.6) is 0 Å². The average molecular weight is 503 g/mol. The Labute approximate surface area is 185 Å². The van der Waals surface area contributed by atoms with E-state index in [1.165, 1.54) is 30.6 Å². The smallest absolute Gasteiger partial charge is 0.193 e. The normalized spacial score (nSPS) is 21.2. The van der Waals surface area contributed by atoms with Gasteiger partial charge in [0.25, 0.3) is 0 Å². The van der Waals surface area contributed by atoms with Crippen LogP contribution in [-0.4, -0.2) is 60.1 Å². The number of rotatable bonds is 4. The van der Waals surface area contributed by atoms with Gasteiger partial charge in [0.1, 0.15) is 5.82 Å². The Morgan fingerprint density at radius 2 is 2.07 bits per heavy atom. The van der Waals surface area contributed by atoms with Gasteiger partial charge in [0.15, 0.2) is 5.96 Å². The highest BCUT2D eigenvalue weighted by atomic mass is 127. The predicted octanol–water partition coefficient (Wildman–Crippen LogP) is 3.84. The number of nitrogens with zero attached hydrogens (tertiary/aromatic N) is 4. The molecule has 0 amide bonds. The molecule has 1 aromatic rings. The van der Waals surface area contributed by atoms with Gasteiger partial charge in [-0.25, -0.2) is 4.98 Å². The summed E-state index contributed by atoms with van der Waals surface area (Å²) < 4.78 is 0. The molecule has 0 spiro atoms. The maximum absolute atomic E-state index is 4.58. The van der Waals surface area contributed by atoms with E-state index in [-0.39, 0.29) is 24.0 Å². The minimum Gasteiger partial charge on any atom is -0.357 e. The van der Waals surface area contributed by atoms with E-state index in [0.29, 0.717) is 11.2 Å². The van der Waals surface area contributed by atoms with Crippen LogP contribution in [-0.2, 0) is 6.54 Å². The Morgan fingerprint density at radius 1 is 1.30 bits per heavy atom. The van der Waals surface area contributed by atoms with Crippen LogP contribution in [0.3, 0.4) is 0 Å². The van der Waals surface area contributed by atoms with Gasteiger partial charge in [0, 0.05) is 57.0 Å². The third kappa shape index (κ3) is 6.41. The number of piperidine rings is 1. The largest absolute Gasteiger partial charge is 0.357 e. The quantitative estimate of drug-likeness (QED) is 0.385. The van der Waals surface area contributed by atoms with Gasteiger partial charge in [-0.2, -0.15) is 11.8 Å². The zero-order valence-electron chi connectivity index (χ0n) is 16.9. The molecule has 3 heterocycles. The van der Waals surface area contributed by atoms with E-state index >= 15 is 0 Å². The van der Waals surface area contributed by atoms with Crippen molar-refractivity contribution in [1.82, 2.24) is 15.2 Å². The number of anilines is 1. The first-order valence-corrected chi connectivity index (χ1v) is 11.0. The molecular formula is C20H34IN5S. The summed E-state index contributed by atoms with van der Waals surface area (Å²) in [5, 5.41) is 4.25. The van der Waals surface area contributed by atoms with Crippen LogP contribution < -0.4 is 10.2 Å². The van der Waals surface area contributed by atoms with Crippen molar-refractivity contribution in [2.75, 3.05) is 43.9 Å². The summed E-state index contributed by atoms with van der Waals surface area (Å²) in [5.41, 5.74) is 1.27.